The first kappa shape index (κ1) is 17.7. The van der Waals surface area contributed by atoms with Gasteiger partial charge < -0.3 is 9.84 Å². The van der Waals surface area contributed by atoms with Crippen LogP contribution in [0.4, 0.5) is 0 Å². The number of rotatable bonds is 6. The molecule has 0 saturated heterocycles. The van der Waals surface area contributed by atoms with Crippen LogP contribution in [-0.2, 0) is 14.3 Å². The smallest absolute Gasteiger partial charge is 0.306 e. The highest BCUT2D eigenvalue weighted by molar-refractivity contribution is 5.69. The van der Waals surface area contributed by atoms with Crippen molar-refractivity contribution in [2.24, 2.45) is 5.92 Å². The highest BCUT2D eigenvalue weighted by atomic mass is 16.5. The van der Waals surface area contributed by atoms with Crippen LogP contribution in [0.1, 0.15) is 58.3 Å². The lowest BCUT2D eigenvalue weighted by Gasteiger charge is -2.20. The summed E-state index contributed by atoms with van der Waals surface area (Å²) < 4.78 is 4.93. The SMILES string of the molecule is C=CCOC(=O)CCC1CCCCC1.CCC(=O)O. The molecule has 1 aliphatic rings. The predicted octanol–water partition coefficient (Wildman–Crippen LogP) is 3.56. The van der Waals surface area contributed by atoms with Gasteiger partial charge in [0.1, 0.15) is 6.61 Å². The lowest BCUT2D eigenvalue weighted by Crippen LogP contribution is -2.10. The number of aliphatic carboxylic acids is 1. The molecule has 1 rings (SSSR count). The maximum Gasteiger partial charge on any atom is 0.306 e. The zero-order chi connectivity index (χ0) is 14.5. The molecule has 0 aromatic rings. The Hall–Kier alpha value is -1.32. The molecule has 1 saturated carbocycles. The third-order valence-corrected chi connectivity index (χ3v) is 3.15. The van der Waals surface area contributed by atoms with Gasteiger partial charge in [0.05, 0.1) is 0 Å². The maximum atomic E-state index is 11.2. The Kier molecular flexibility index (Phi) is 10.9. The quantitative estimate of drug-likeness (QED) is 0.592. The van der Waals surface area contributed by atoms with Crippen molar-refractivity contribution < 1.29 is 19.4 Å². The first-order valence-corrected chi connectivity index (χ1v) is 7.08. The highest BCUT2D eigenvalue weighted by Gasteiger charge is 2.14. The minimum absolute atomic E-state index is 0.0736. The summed E-state index contributed by atoms with van der Waals surface area (Å²) in [5, 5.41) is 7.72. The van der Waals surface area contributed by atoms with Gasteiger partial charge in [0.2, 0.25) is 0 Å². The summed E-state index contributed by atoms with van der Waals surface area (Å²) >= 11 is 0. The molecule has 0 heterocycles. The van der Waals surface area contributed by atoms with Crippen molar-refractivity contribution in [2.75, 3.05) is 6.61 Å². The zero-order valence-electron chi connectivity index (χ0n) is 11.9. The Morgan fingerprint density at radius 3 is 2.37 bits per heavy atom. The molecule has 110 valence electrons. The van der Waals surface area contributed by atoms with Gasteiger partial charge in [-0.15, -0.1) is 0 Å². The van der Waals surface area contributed by atoms with Crippen LogP contribution < -0.4 is 0 Å². The Bertz CT molecular complexity index is 267. The lowest BCUT2D eigenvalue weighted by molar-refractivity contribution is -0.142. The Morgan fingerprint density at radius 1 is 1.32 bits per heavy atom. The van der Waals surface area contributed by atoms with Gasteiger partial charge in [0.15, 0.2) is 0 Å². The summed E-state index contributed by atoms with van der Waals surface area (Å²) in [6, 6.07) is 0. The van der Waals surface area contributed by atoms with E-state index in [0.29, 0.717) is 13.0 Å². The van der Waals surface area contributed by atoms with E-state index in [1.54, 1.807) is 13.0 Å². The summed E-state index contributed by atoms with van der Waals surface area (Å²) in [5.41, 5.74) is 0. The Morgan fingerprint density at radius 2 is 1.89 bits per heavy atom. The van der Waals surface area contributed by atoms with Gasteiger partial charge in [-0.3, -0.25) is 9.59 Å². The molecule has 0 aromatic carbocycles. The predicted molar refractivity (Wildman–Crippen MR) is 74.9 cm³/mol. The molecule has 0 aromatic heterocycles. The number of carbonyl (C=O) groups excluding carboxylic acids is 1. The molecule has 1 aliphatic carbocycles. The summed E-state index contributed by atoms with van der Waals surface area (Å²) in [4.78, 5) is 20.5. The molecule has 0 bridgehead atoms. The van der Waals surface area contributed by atoms with Crippen LogP contribution in [0, 0.1) is 5.92 Å². The standard InChI is InChI=1S/C12H20O2.C3H6O2/c1-2-10-14-12(13)9-8-11-6-4-3-5-7-11;1-2-3(4)5/h2,11H,1,3-10H2;2H2,1H3,(H,4,5). The maximum absolute atomic E-state index is 11.2. The molecule has 1 N–H and O–H groups in total. The highest BCUT2D eigenvalue weighted by Crippen LogP contribution is 2.27. The van der Waals surface area contributed by atoms with Gasteiger partial charge in [-0.05, 0) is 12.3 Å². The molecule has 0 spiro atoms. The van der Waals surface area contributed by atoms with E-state index in [-0.39, 0.29) is 12.4 Å². The molecule has 0 radical (unpaired) electrons. The number of hydrogen-bond acceptors (Lipinski definition) is 3. The number of hydrogen-bond donors (Lipinski definition) is 1. The van der Waals surface area contributed by atoms with Crippen molar-refractivity contribution in [3.05, 3.63) is 12.7 Å². The summed E-state index contributed by atoms with van der Waals surface area (Å²) in [5.74, 6) is -0.0551. The topological polar surface area (TPSA) is 63.6 Å². The fraction of sp³-hybridized carbons (Fsp3) is 0.733. The second-order valence-electron chi connectivity index (χ2n) is 4.76. The van der Waals surface area contributed by atoms with Crippen molar-refractivity contribution in [3.63, 3.8) is 0 Å². The molecule has 1 fully saturated rings. The molecule has 0 amide bonds. The van der Waals surface area contributed by atoms with Gasteiger partial charge in [-0.1, -0.05) is 51.7 Å². The van der Waals surface area contributed by atoms with Gasteiger partial charge in [0.25, 0.3) is 0 Å². The van der Waals surface area contributed by atoms with E-state index < -0.39 is 5.97 Å². The molecule has 4 nitrogen and oxygen atoms in total. The van der Waals surface area contributed by atoms with Crippen molar-refractivity contribution >= 4 is 11.9 Å². The number of esters is 1. The average molecular weight is 270 g/mol. The fourth-order valence-corrected chi connectivity index (χ4v) is 2.02. The van der Waals surface area contributed by atoms with Crippen LogP contribution in [0.15, 0.2) is 12.7 Å². The van der Waals surface area contributed by atoms with Gasteiger partial charge in [0, 0.05) is 12.8 Å². The van der Waals surface area contributed by atoms with E-state index in [4.69, 9.17) is 9.84 Å². The van der Waals surface area contributed by atoms with E-state index >= 15 is 0 Å². The van der Waals surface area contributed by atoms with Crippen LogP contribution in [0.3, 0.4) is 0 Å². The lowest BCUT2D eigenvalue weighted by atomic mass is 9.86. The molecule has 0 aliphatic heterocycles. The first-order valence-electron chi connectivity index (χ1n) is 7.08. The first-order chi connectivity index (χ1) is 9.10. The van der Waals surface area contributed by atoms with E-state index in [9.17, 15) is 9.59 Å². The van der Waals surface area contributed by atoms with Crippen molar-refractivity contribution in [3.8, 4) is 0 Å². The van der Waals surface area contributed by atoms with E-state index in [1.165, 1.54) is 32.1 Å². The minimum atomic E-state index is -0.745. The van der Waals surface area contributed by atoms with Crippen LogP contribution >= 0.6 is 0 Å². The third kappa shape index (κ3) is 11.5. The summed E-state index contributed by atoms with van der Waals surface area (Å²) in [7, 11) is 0. The Balaban J connectivity index is 0.000000555. The number of ether oxygens (including phenoxy) is 1. The largest absolute Gasteiger partial charge is 0.481 e. The van der Waals surface area contributed by atoms with Crippen molar-refractivity contribution in [1.29, 1.82) is 0 Å². The van der Waals surface area contributed by atoms with Crippen LogP contribution in [-0.4, -0.2) is 23.7 Å². The number of carboxylic acid groups (broad SMARTS) is 1. The molecule has 19 heavy (non-hydrogen) atoms. The van der Waals surface area contributed by atoms with Crippen LogP contribution in [0.25, 0.3) is 0 Å². The number of carbonyl (C=O) groups is 2. The normalized spacial score (nSPS) is 15.0. The number of carboxylic acids is 1. The fourth-order valence-electron chi connectivity index (χ4n) is 2.02. The van der Waals surface area contributed by atoms with Crippen molar-refractivity contribution in [2.45, 2.75) is 58.3 Å². The monoisotopic (exact) mass is 270 g/mol. The molecule has 4 heteroatoms. The second-order valence-corrected chi connectivity index (χ2v) is 4.76. The van der Waals surface area contributed by atoms with Crippen molar-refractivity contribution in [1.82, 2.24) is 0 Å². The second kappa shape index (κ2) is 11.8. The Labute approximate surface area is 115 Å². The van der Waals surface area contributed by atoms with Crippen LogP contribution in [0.5, 0.6) is 0 Å². The third-order valence-electron chi connectivity index (χ3n) is 3.15. The van der Waals surface area contributed by atoms with E-state index in [2.05, 4.69) is 6.58 Å². The van der Waals surface area contributed by atoms with Gasteiger partial charge in [-0.25, -0.2) is 0 Å². The van der Waals surface area contributed by atoms with E-state index in [1.807, 2.05) is 0 Å². The minimum Gasteiger partial charge on any atom is -0.481 e. The summed E-state index contributed by atoms with van der Waals surface area (Å²) in [6.07, 6.45) is 10.1. The van der Waals surface area contributed by atoms with Gasteiger partial charge >= 0.3 is 11.9 Å². The zero-order valence-corrected chi connectivity index (χ0v) is 11.9. The molecular weight excluding hydrogens is 244 g/mol. The summed E-state index contributed by atoms with van der Waals surface area (Å²) in [6.45, 7) is 5.46. The molecule has 0 unspecified atom stereocenters. The average Bonchev–Trinajstić information content (AvgIpc) is 2.44. The molecular formula is C15H26O4. The van der Waals surface area contributed by atoms with E-state index in [0.717, 1.165) is 12.3 Å². The molecule has 0 atom stereocenters. The van der Waals surface area contributed by atoms with Gasteiger partial charge in [-0.2, -0.15) is 0 Å². The van der Waals surface area contributed by atoms with Crippen LogP contribution in [0.2, 0.25) is 0 Å².